The molecule has 4 fully saturated rings. The molecule has 700 valence electrons. The number of carbonyl (C=O) groups excluding carboxylic acids is 5. The van der Waals surface area contributed by atoms with Crippen molar-refractivity contribution in [1.82, 2.24) is 51.5 Å². The predicted octanol–water partition coefficient (Wildman–Crippen LogP) is 15.4. The fourth-order valence-electron chi connectivity index (χ4n) is 12.9. The van der Waals surface area contributed by atoms with Gasteiger partial charge in [0.2, 0.25) is 16.7 Å². The van der Waals surface area contributed by atoms with Gasteiger partial charge in [-0.2, -0.15) is 5.26 Å². The third-order valence-electron chi connectivity index (χ3n) is 18.5. The van der Waals surface area contributed by atoms with Gasteiger partial charge in [0.25, 0.3) is 0 Å². The second kappa shape index (κ2) is 49.4. The number of hydrogen-bond acceptors (Lipinski definition) is 31. The average molecular weight is 1840 g/mol. The largest absolute Gasteiger partial charge is 0.502 e. The van der Waals surface area contributed by atoms with Gasteiger partial charge in [0, 0.05) is 124 Å². The molecule has 0 bridgehead atoms. The van der Waals surface area contributed by atoms with Crippen molar-refractivity contribution >= 4 is 122 Å². The zero-order chi connectivity index (χ0) is 96.4. The normalized spacial score (nSPS) is 15.8. The van der Waals surface area contributed by atoms with Gasteiger partial charge in [-0.3, -0.25) is 54.8 Å². The van der Waals surface area contributed by atoms with E-state index in [2.05, 4.69) is 74.0 Å². The number of hydrogen-bond donors (Lipinski definition) is 11. The van der Waals surface area contributed by atoms with Crippen molar-refractivity contribution in [2.75, 3.05) is 83.4 Å². The Morgan fingerprint density at radius 3 is 1.25 bits per heavy atom. The molecule has 4 atom stereocenters. The molecule has 0 aliphatic carbocycles. The van der Waals surface area contributed by atoms with E-state index in [4.69, 9.17) is 58.3 Å². The molecular weight excluding hydrogens is 1730 g/mol. The predicted molar refractivity (Wildman–Crippen MR) is 494 cm³/mol. The number of nitrogen functional groups attached to an aromatic ring is 1. The van der Waals surface area contributed by atoms with Gasteiger partial charge in [0.1, 0.15) is 45.1 Å². The van der Waals surface area contributed by atoms with Crippen LogP contribution in [0, 0.1) is 65.6 Å². The van der Waals surface area contributed by atoms with E-state index in [-0.39, 0.29) is 63.7 Å². The number of piperidine rings is 4. The third-order valence-corrected chi connectivity index (χ3v) is 19.1. The molecule has 8 aromatic rings. The monoisotopic (exact) mass is 1840 g/mol. The van der Waals surface area contributed by atoms with E-state index in [1.807, 2.05) is 140 Å². The van der Waals surface area contributed by atoms with Crippen LogP contribution >= 0.6 is 23.2 Å². The van der Waals surface area contributed by atoms with Crippen LogP contribution in [0.25, 0.3) is 0 Å². The summed E-state index contributed by atoms with van der Waals surface area (Å²) in [6, 6.07) is 31.4. The highest BCUT2D eigenvalue weighted by Crippen LogP contribution is 2.39. The lowest BCUT2D eigenvalue weighted by Crippen LogP contribution is -2.49. The first-order chi connectivity index (χ1) is 61.1. The van der Waals surface area contributed by atoms with Crippen LogP contribution in [0.3, 0.4) is 0 Å². The van der Waals surface area contributed by atoms with Crippen LogP contribution < -0.4 is 68.8 Å². The van der Waals surface area contributed by atoms with Gasteiger partial charge in [-0.15, -0.1) is 0 Å². The highest BCUT2D eigenvalue weighted by atomic mass is 35.5. The van der Waals surface area contributed by atoms with Gasteiger partial charge < -0.3 is 91.7 Å². The smallest absolute Gasteiger partial charge is 0.407 e. The van der Waals surface area contributed by atoms with E-state index in [9.17, 15) is 74.0 Å². The minimum Gasteiger partial charge on any atom is -0.502 e. The van der Waals surface area contributed by atoms with Gasteiger partial charge in [-0.1, -0.05) is 70.7 Å². The number of ether oxygens (including phenoxy) is 4. The van der Waals surface area contributed by atoms with Gasteiger partial charge in [0.05, 0.1) is 42.7 Å². The van der Waals surface area contributed by atoms with Gasteiger partial charge in [0.15, 0.2) is 5.82 Å². The number of pyridine rings is 5. The molecule has 5 aromatic heterocycles. The molecule has 3 aromatic carbocycles. The maximum Gasteiger partial charge on any atom is 0.407 e. The number of amides is 4. The molecule has 4 aliphatic rings. The van der Waals surface area contributed by atoms with E-state index in [1.165, 1.54) is 24.0 Å². The van der Waals surface area contributed by atoms with Gasteiger partial charge in [-0.25, -0.2) is 34.1 Å². The lowest BCUT2D eigenvalue weighted by molar-refractivity contribution is -0.387. The van der Waals surface area contributed by atoms with Crippen molar-refractivity contribution in [3.63, 3.8) is 0 Å². The Balaban J connectivity index is 0.000000244. The number of aromatic amines is 2. The Hall–Kier alpha value is -14.0. The number of aromatic hydroxyl groups is 1. The summed E-state index contributed by atoms with van der Waals surface area (Å²) in [5.41, 5.74) is 8.47. The number of H-pyrrole nitrogens is 2. The Morgan fingerprint density at radius 1 is 0.508 bits per heavy atom. The number of nitrogens with zero attached hydrogens (tertiary/aromatic N) is 11. The second-order valence-corrected chi connectivity index (χ2v) is 34.7. The van der Waals surface area contributed by atoms with E-state index in [1.54, 1.807) is 69.6 Å². The maximum absolute atomic E-state index is 12.1. The lowest BCUT2D eigenvalue weighted by atomic mass is 10.0. The van der Waals surface area contributed by atoms with Crippen molar-refractivity contribution in [1.29, 1.82) is 5.26 Å². The van der Waals surface area contributed by atoms with E-state index in [0.717, 1.165) is 112 Å². The van der Waals surface area contributed by atoms with Crippen LogP contribution in [-0.2, 0) is 18.9 Å². The second-order valence-electron chi connectivity index (χ2n) is 34.0. The summed E-state index contributed by atoms with van der Waals surface area (Å²) in [5.74, 6) is 0.195. The van der Waals surface area contributed by atoms with Crippen LogP contribution in [-0.4, -0.2) is 179 Å². The first-order valence-electron chi connectivity index (χ1n) is 41.4. The zero-order valence-corrected chi connectivity index (χ0v) is 76.4. The van der Waals surface area contributed by atoms with Crippen LogP contribution in [0.2, 0.25) is 10.2 Å². The number of nitrogens with one attached hydrogen (secondary N) is 9. The quantitative estimate of drug-likeness (QED) is 0.0141. The number of rotatable bonds is 16. The molecule has 0 spiro atoms. The number of nitriles is 1. The number of aldehydes is 1. The maximum atomic E-state index is 12.1. The molecule has 12 rings (SSSR count). The molecule has 130 heavy (non-hydrogen) atoms. The van der Waals surface area contributed by atoms with E-state index in [0.29, 0.717) is 66.7 Å². The number of carbonyl (C=O) groups is 5. The number of aryl methyl sites for hydroxylation is 2. The molecule has 9 heterocycles. The molecule has 43 heteroatoms. The number of halogens is 2. The number of benzene rings is 3. The van der Waals surface area contributed by atoms with Crippen molar-refractivity contribution in [2.45, 2.75) is 195 Å². The molecule has 4 aliphatic heterocycles. The van der Waals surface area contributed by atoms with Crippen molar-refractivity contribution < 1.29 is 67.7 Å². The zero-order valence-electron chi connectivity index (χ0n) is 74.9. The minimum absolute atomic E-state index is 0.0136. The summed E-state index contributed by atoms with van der Waals surface area (Å²) in [5, 5.41) is 81.4. The molecule has 41 nitrogen and oxygen atoms in total. The van der Waals surface area contributed by atoms with E-state index >= 15 is 0 Å². The Kier molecular flexibility index (Phi) is 39.8. The van der Waals surface area contributed by atoms with Gasteiger partial charge in [-0.05, 0) is 216 Å². The fraction of sp³-hybridized carbons (Fsp3) is 0.437. The summed E-state index contributed by atoms with van der Waals surface area (Å²) in [6.45, 7) is 31.7. The first kappa shape index (κ1) is 105. The third kappa shape index (κ3) is 36.4. The van der Waals surface area contributed by atoms with Crippen LogP contribution in [0.1, 0.15) is 161 Å². The van der Waals surface area contributed by atoms with Gasteiger partial charge >= 0.3 is 58.2 Å². The number of alkyl carbamates (subject to hydrolysis) is 4. The number of aromatic nitrogens is 5. The SMILES string of the molecule is CC(C)(C)OC(=O)N[C@@H]1CCCN(c2ccnc(Cl)c2[N+](=O)[O-])C1.CC(C)(C)OC(=O)N[C@@H]1CCCNC1.Cc1ccc(Nc2nccc(N3CCC[C@@H](NC(=O)OC(C)(C)C)C3)c2N)cc1.Cc1ccc(Nc2nccc(N3CCC[C@@H](NC(=O)OC(C)(C)C)C3)c2[N+](=O)[O-])cc1.N#Cc1ccc(C=O)cc1.O=c1[nH]ccc(Cl)c1[N+](=O)[O-].O=c1[nH]ccc(O)c1[N+](=O)[O-]. The fourth-order valence-corrected chi connectivity index (χ4v) is 13.3. The Morgan fingerprint density at radius 2 is 0.877 bits per heavy atom. The molecule has 4 saturated heterocycles. The van der Waals surface area contributed by atoms with Crippen molar-refractivity contribution in [2.24, 2.45) is 0 Å². The topological polar surface area (TPSA) is 563 Å². The van der Waals surface area contributed by atoms with E-state index < -0.39 is 82.5 Å². The van der Waals surface area contributed by atoms with Crippen molar-refractivity contribution in [3.8, 4) is 11.8 Å². The lowest BCUT2D eigenvalue weighted by Gasteiger charge is -2.35. The van der Waals surface area contributed by atoms with Crippen LogP contribution in [0.4, 0.5) is 87.7 Å². The summed E-state index contributed by atoms with van der Waals surface area (Å²) in [6.07, 6.45) is 13.4. The summed E-state index contributed by atoms with van der Waals surface area (Å²) in [7, 11) is 0. The minimum atomic E-state index is -0.936. The molecule has 0 radical (unpaired) electrons. The molecule has 0 unspecified atom stereocenters. The van der Waals surface area contributed by atoms with Crippen molar-refractivity contribution in [3.05, 3.63) is 228 Å². The molecule has 0 saturated carbocycles. The highest BCUT2D eigenvalue weighted by molar-refractivity contribution is 6.32. The Bertz CT molecular complexity index is 5250. The number of nitrogens with two attached hydrogens (primary N) is 1. The number of anilines is 8. The van der Waals surface area contributed by atoms with Crippen LogP contribution in [0.5, 0.6) is 5.75 Å². The standard InChI is InChI=1S/C22H29N5O4.C22H31N5O2.C15H21ClN4O4.C10H20N2O2.C8H5NO.C5H3ClN2O3.C5H4N2O4/c1-15-7-9-16(10-8-15)24-20-19(27(29)30)18(11-12-23-20)26-13-5-6-17(14-26)25-21(28)31-22(2,3)4;1-15-7-9-16(10-8-15)25-20-19(23)18(11-12-24-20)27-13-5-6-17(14-27)26-21(28)29-22(2,3)4;1-15(2,3)24-14(21)18-10-5-4-8-19(9-10)11-6-7-17-13(16)12(11)20(22)23;1-10(2,3)14-9(13)12-8-5-4-6-11-7-8;9-5-7-1-3-8(6-10)4-2-7;6-3-1-2-7-5(9)4(3)8(10)11;8-3-1-2-6-5(9)4(3)7(10)11/h7-12,17H,5-6,13-14H2,1-4H3,(H,23,24)(H,25,28);7-12,17H,5-6,13-14,23H2,1-4H3,(H,24,25)(H,26,28);6-7,10H,4-5,8-9H2,1-3H3,(H,18,21);8,11H,4-7H2,1-3H3,(H,12,13);1-4,6H;1-2H,(H,7,9);1-2H,(H2,6,8,9)/t2*17-;10-;8-;;;/m1111.../s1. The summed E-state index contributed by atoms with van der Waals surface area (Å²) >= 11 is 11.2. The van der Waals surface area contributed by atoms with Crippen LogP contribution in [0.15, 0.2) is 144 Å². The molecule has 4 amide bonds. The average Bonchev–Trinajstić information content (AvgIpc) is 0.751. The summed E-state index contributed by atoms with van der Waals surface area (Å²) < 4.78 is 21.1. The highest BCUT2D eigenvalue weighted by Gasteiger charge is 2.34. The number of nitro groups is 4. The molecule has 12 N–H and O–H groups in total. The molecular formula is C87H113Cl2N21O20. The Labute approximate surface area is 760 Å². The summed E-state index contributed by atoms with van der Waals surface area (Å²) in [4.78, 5) is 142. The first-order valence-corrected chi connectivity index (χ1v) is 42.1.